The molecule has 0 radical (unpaired) electrons. The molecule has 0 atom stereocenters. The number of non-ortho nitro benzene ring substituents is 1. The van der Waals surface area contributed by atoms with Gasteiger partial charge in [0, 0.05) is 17.7 Å². The fourth-order valence-corrected chi connectivity index (χ4v) is 2.19. The van der Waals surface area contributed by atoms with Gasteiger partial charge in [-0.05, 0) is 18.1 Å². The molecule has 2 aromatic rings. The molecule has 0 spiro atoms. The predicted octanol–water partition coefficient (Wildman–Crippen LogP) is 3.21. The third-order valence-electron chi connectivity index (χ3n) is 3.63. The Morgan fingerprint density at radius 3 is 2.36 bits per heavy atom. The van der Waals surface area contributed by atoms with E-state index in [0.29, 0.717) is 5.56 Å². The Labute approximate surface area is 144 Å². The number of hydrogen-bond donors (Lipinski definition) is 0. The Kier molecular flexibility index (Phi) is 5.84. The van der Waals surface area contributed by atoms with E-state index in [9.17, 15) is 19.7 Å². The SMILES string of the molecule is CCc1ccc(C(=O)COC(=O)c2cc([N+](=O)[O-])ccc2OC)cc1. The fourth-order valence-electron chi connectivity index (χ4n) is 2.19. The summed E-state index contributed by atoms with van der Waals surface area (Å²) in [6.07, 6.45) is 0.857. The molecule has 0 aromatic heterocycles. The van der Waals surface area contributed by atoms with Gasteiger partial charge in [0.15, 0.2) is 12.4 Å². The van der Waals surface area contributed by atoms with Crippen molar-refractivity contribution in [2.75, 3.05) is 13.7 Å². The number of hydrogen-bond acceptors (Lipinski definition) is 6. The number of ether oxygens (including phenoxy) is 2. The predicted molar refractivity (Wildman–Crippen MR) is 90.1 cm³/mol. The van der Waals surface area contributed by atoms with E-state index >= 15 is 0 Å². The molecule has 7 nitrogen and oxygen atoms in total. The van der Waals surface area contributed by atoms with Crippen molar-refractivity contribution < 1.29 is 24.0 Å². The first-order valence-corrected chi connectivity index (χ1v) is 7.58. The molecular weight excluding hydrogens is 326 g/mol. The van der Waals surface area contributed by atoms with Gasteiger partial charge in [0.2, 0.25) is 0 Å². The topological polar surface area (TPSA) is 95.7 Å². The summed E-state index contributed by atoms with van der Waals surface area (Å²) in [4.78, 5) is 34.5. The van der Waals surface area contributed by atoms with Gasteiger partial charge in [-0.1, -0.05) is 31.2 Å². The fraction of sp³-hybridized carbons (Fsp3) is 0.222. The van der Waals surface area contributed by atoms with Crippen LogP contribution in [0.5, 0.6) is 5.75 Å². The second-order valence-electron chi connectivity index (χ2n) is 5.19. The van der Waals surface area contributed by atoms with E-state index in [0.717, 1.165) is 18.1 Å². The van der Waals surface area contributed by atoms with Crippen molar-refractivity contribution in [1.82, 2.24) is 0 Å². The minimum absolute atomic E-state index is 0.106. The van der Waals surface area contributed by atoms with Gasteiger partial charge in [-0.2, -0.15) is 0 Å². The molecule has 2 rings (SSSR count). The quantitative estimate of drug-likeness (QED) is 0.331. The van der Waals surface area contributed by atoms with Gasteiger partial charge in [-0.3, -0.25) is 14.9 Å². The number of Topliss-reactive ketones (excluding diaryl/α,β-unsaturated/α-hetero) is 1. The Bertz CT molecular complexity index is 798. The summed E-state index contributed by atoms with van der Waals surface area (Å²) in [6, 6.07) is 10.6. The van der Waals surface area contributed by atoms with Crippen LogP contribution in [0.15, 0.2) is 42.5 Å². The molecule has 0 N–H and O–H groups in total. The van der Waals surface area contributed by atoms with Crippen molar-refractivity contribution in [3.63, 3.8) is 0 Å². The number of ketones is 1. The smallest absolute Gasteiger partial charge is 0.342 e. The number of methoxy groups -OCH3 is 1. The van der Waals surface area contributed by atoms with E-state index in [1.807, 2.05) is 19.1 Å². The lowest BCUT2D eigenvalue weighted by Crippen LogP contribution is -2.15. The highest BCUT2D eigenvalue weighted by Gasteiger charge is 2.20. The van der Waals surface area contributed by atoms with Crippen molar-refractivity contribution in [1.29, 1.82) is 0 Å². The summed E-state index contributed by atoms with van der Waals surface area (Å²) in [7, 11) is 1.33. The first-order valence-electron chi connectivity index (χ1n) is 7.58. The molecule has 130 valence electrons. The van der Waals surface area contributed by atoms with Gasteiger partial charge in [0.05, 0.1) is 12.0 Å². The van der Waals surface area contributed by atoms with E-state index < -0.39 is 17.5 Å². The zero-order chi connectivity index (χ0) is 18.4. The molecule has 0 heterocycles. The zero-order valence-electron chi connectivity index (χ0n) is 13.9. The number of aryl methyl sites for hydroxylation is 1. The maximum Gasteiger partial charge on any atom is 0.342 e. The minimum Gasteiger partial charge on any atom is -0.496 e. The van der Waals surface area contributed by atoms with Crippen LogP contribution < -0.4 is 4.74 Å². The highest BCUT2D eigenvalue weighted by atomic mass is 16.6. The van der Waals surface area contributed by atoms with Crippen molar-refractivity contribution >= 4 is 17.4 Å². The molecule has 0 saturated carbocycles. The summed E-state index contributed by atoms with van der Waals surface area (Å²) < 4.78 is 10.00. The number of benzene rings is 2. The Morgan fingerprint density at radius 2 is 1.80 bits per heavy atom. The molecule has 0 amide bonds. The van der Waals surface area contributed by atoms with Crippen LogP contribution >= 0.6 is 0 Å². The molecule has 0 bridgehead atoms. The normalized spacial score (nSPS) is 10.2. The number of carbonyl (C=O) groups excluding carboxylic acids is 2. The first kappa shape index (κ1) is 18.1. The number of rotatable bonds is 7. The Morgan fingerprint density at radius 1 is 1.12 bits per heavy atom. The minimum atomic E-state index is -0.862. The van der Waals surface area contributed by atoms with Crippen LogP contribution in [0.2, 0.25) is 0 Å². The molecule has 0 aliphatic carbocycles. The van der Waals surface area contributed by atoms with Gasteiger partial charge < -0.3 is 9.47 Å². The van der Waals surface area contributed by atoms with Crippen LogP contribution in [0.25, 0.3) is 0 Å². The van der Waals surface area contributed by atoms with E-state index in [2.05, 4.69) is 0 Å². The highest BCUT2D eigenvalue weighted by molar-refractivity contribution is 6.00. The molecule has 0 aliphatic heterocycles. The Balaban J connectivity index is 2.09. The number of nitro benzene ring substituents is 1. The van der Waals surface area contributed by atoms with Gasteiger partial charge in [-0.15, -0.1) is 0 Å². The molecule has 0 fully saturated rings. The molecule has 2 aromatic carbocycles. The summed E-state index contributed by atoms with van der Waals surface area (Å²) >= 11 is 0. The first-order chi connectivity index (χ1) is 12.0. The van der Waals surface area contributed by atoms with E-state index in [1.54, 1.807) is 12.1 Å². The molecular formula is C18H17NO6. The molecule has 7 heteroatoms. The number of esters is 1. The molecule has 0 saturated heterocycles. The average molecular weight is 343 g/mol. The van der Waals surface area contributed by atoms with Gasteiger partial charge in [0.25, 0.3) is 5.69 Å². The largest absolute Gasteiger partial charge is 0.496 e. The third kappa shape index (κ3) is 4.41. The second kappa shape index (κ2) is 8.05. The second-order valence-corrected chi connectivity index (χ2v) is 5.19. The maximum atomic E-state index is 12.2. The van der Waals surface area contributed by atoms with Crippen LogP contribution in [-0.4, -0.2) is 30.4 Å². The lowest BCUT2D eigenvalue weighted by molar-refractivity contribution is -0.384. The third-order valence-corrected chi connectivity index (χ3v) is 3.63. The van der Waals surface area contributed by atoms with E-state index in [1.165, 1.54) is 19.2 Å². The van der Waals surface area contributed by atoms with E-state index in [4.69, 9.17) is 9.47 Å². The summed E-state index contributed by atoms with van der Waals surface area (Å²) in [5, 5.41) is 10.8. The number of carbonyl (C=O) groups is 2. The molecule has 25 heavy (non-hydrogen) atoms. The summed E-state index contributed by atoms with van der Waals surface area (Å²) in [5.41, 5.74) is 1.14. The standard InChI is InChI=1S/C18H17NO6/c1-3-12-4-6-13(7-5-12)16(20)11-25-18(21)15-10-14(19(22)23)8-9-17(15)24-2/h4-10H,3,11H2,1-2H3. The number of nitro groups is 1. The van der Waals surface area contributed by atoms with Crippen LogP contribution in [0.1, 0.15) is 33.2 Å². The monoisotopic (exact) mass is 343 g/mol. The van der Waals surface area contributed by atoms with Crippen LogP contribution in [-0.2, 0) is 11.2 Å². The van der Waals surface area contributed by atoms with Gasteiger partial charge in [0.1, 0.15) is 11.3 Å². The lowest BCUT2D eigenvalue weighted by Gasteiger charge is -2.08. The lowest BCUT2D eigenvalue weighted by atomic mass is 10.1. The van der Waals surface area contributed by atoms with Crippen molar-refractivity contribution in [3.8, 4) is 5.75 Å². The molecule has 0 unspecified atom stereocenters. The van der Waals surface area contributed by atoms with Crippen LogP contribution in [0.3, 0.4) is 0 Å². The van der Waals surface area contributed by atoms with E-state index in [-0.39, 0.29) is 22.8 Å². The maximum absolute atomic E-state index is 12.2. The molecule has 0 aliphatic rings. The average Bonchev–Trinajstić information content (AvgIpc) is 2.65. The number of nitrogens with zero attached hydrogens (tertiary/aromatic N) is 1. The van der Waals surface area contributed by atoms with Gasteiger partial charge >= 0.3 is 5.97 Å². The Hall–Kier alpha value is -3.22. The highest BCUT2D eigenvalue weighted by Crippen LogP contribution is 2.24. The van der Waals surface area contributed by atoms with Crippen molar-refractivity contribution in [2.24, 2.45) is 0 Å². The summed E-state index contributed by atoms with van der Waals surface area (Å²) in [5.74, 6) is -1.09. The zero-order valence-corrected chi connectivity index (χ0v) is 13.9. The summed E-state index contributed by atoms with van der Waals surface area (Å²) in [6.45, 7) is 1.54. The van der Waals surface area contributed by atoms with Crippen molar-refractivity contribution in [3.05, 3.63) is 69.3 Å². The van der Waals surface area contributed by atoms with Crippen LogP contribution in [0.4, 0.5) is 5.69 Å². The van der Waals surface area contributed by atoms with Gasteiger partial charge in [-0.25, -0.2) is 4.79 Å². The van der Waals surface area contributed by atoms with Crippen molar-refractivity contribution in [2.45, 2.75) is 13.3 Å². The van der Waals surface area contributed by atoms with Crippen LogP contribution in [0, 0.1) is 10.1 Å².